The molecule has 21 heavy (non-hydrogen) atoms. The molecular weight excluding hydrogens is 264 g/mol. The van der Waals surface area contributed by atoms with Crippen LogP contribution in [0.2, 0.25) is 0 Å². The first-order valence-electron chi connectivity index (χ1n) is 6.94. The van der Waals surface area contributed by atoms with Crippen molar-refractivity contribution in [3.05, 3.63) is 65.7 Å². The topological polar surface area (TPSA) is 46.5 Å². The van der Waals surface area contributed by atoms with Gasteiger partial charge in [-0.2, -0.15) is 0 Å². The summed E-state index contributed by atoms with van der Waals surface area (Å²) in [5.74, 6) is -0.847. The quantitative estimate of drug-likeness (QED) is 0.934. The lowest BCUT2D eigenvalue weighted by molar-refractivity contribution is -0.133. The first kappa shape index (κ1) is 13.6. The van der Waals surface area contributed by atoms with E-state index in [-0.39, 0.29) is 0 Å². The fourth-order valence-corrected chi connectivity index (χ4v) is 2.57. The average Bonchev–Trinajstić information content (AvgIpc) is 2.56. The third-order valence-corrected chi connectivity index (χ3v) is 3.71. The SMILES string of the molecule is O=C(O)C1=C(c2ccc(-c3ccccc3)cc2)COCC1. The second kappa shape index (κ2) is 5.94. The lowest BCUT2D eigenvalue weighted by Crippen LogP contribution is -2.16. The van der Waals surface area contributed by atoms with Crippen LogP contribution in [0, 0.1) is 0 Å². The van der Waals surface area contributed by atoms with Crippen LogP contribution in [-0.4, -0.2) is 24.3 Å². The minimum absolute atomic E-state index is 0.367. The molecule has 0 atom stereocenters. The van der Waals surface area contributed by atoms with Crippen LogP contribution in [0.4, 0.5) is 0 Å². The van der Waals surface area contributed by atoms with Crippen LogP contribution >= 0.6 is 0 Å². The predicted molar refractivity (Wildman–Crippen MR) is 81.9 cm³/mol. The van der Waals surface area contributed by atoms with Gasteiger partial charge in [-0.25, -0.2) is 4.79 Å². The molecule has 0 saturated heterocycles. The molecule has 0 bridgehead atoms. The summed E-state index contributed by atoms with van der Waals surface area (Å²) in [7, 11) is 0. The fraction of sp³-hybridized carbons (Fsp3) is 0.167. The van der Waals surface area contributed by atoms with Gasteiger partial charge >= 0.3 is 5.97 Å². The molecule has 2 aromatic rings. The van der Waals surface area contributed by atoms with Gasteiger partial charge in [0.05, 0.1) is 13.2 Å². The van der Waals surface area contributed by atoms with Gasteiger partial charge in [-0.1, -0.05) is 54.6 Å². The number of carboxylic acids is 1. The first-order chi connectivity index (χ1) is 10.3. The van der Waals surface area contributed by atoms with E-state index in [9.17, 15) is 9.90 Å². The lowest BCUT2D eigenvalue weighted by Gasteiger charge is -2.18. The number of carbonyl (C=O) groups is 1. The standard InChI is InChI=1S/C18H16O3/c19-18(20)16-10-11-21-12-17(16)15-8-6-14(7-9-15)13-4-2-1-3-5-13/h1-9H,10-12H2,(H,19,20). The van der Waals surface area contributed by atoms with Gasteiger partial charge in [0, 0.05) is 12.0 Å². The van der Waals surface area contributed by atoms with Crippen molar-refractivity contribution < 1.29 is 14.6 Å². The first-order valence-corrected chi connectivity index (χ1v) is 6.94. The molecule has 3 heteroatoms. The van der Waals surface area contributed by atoms with Gasteiger partial charge in [0.2, 0.25) is 0 Å². The summed E-state index contributed by atoms with van der Waals surface area (Å²) in [6.45, 7) is 0.847. The van der Waals surface area contributed by atoms with Gasteiger partial charge in [-0.05, 0) is 22.3 Å². The molecule has 2 aromatic carbocycles. The summed E-state index contributed by atoms with van der Waals surface area (Å²) in [5.41, 5.74) is 4.44. The molecule has 0 aliphatic carbocycles. The van der Waals surface area contributed by atoms with Crippen LogP contribution in [0.3, 0.4) is 0 Å². The van der Waals surface area contributed by atoms with E-state index in [2.05, 4.69) is 12.1 Å². The molecule has 1 heterocycles. The molecule has 0 fully saturated rings. The zero-order valence-electron chi connectivity index (χ0n) is 11.6. The van der Waals surface area contributed by atoms with Crippen LogP contribution in [0.5, 0.6) is 0 Å². The third-order valence-electron chi connectivity index (χ3n) is 3.71. The molecule has 3 nitrogen and oxygen atoms in total. The predicted octanol–water partition coefficient (Wildman–Crippen LogP) is 3.61. The maximum Gasteiger partial charge on any atom is 0.332 e. The Kier molecular flexibility index (Phi) is 3.84. The zero-order chi connectivity index (χ0) is 14.7. The van der Waals surface area contributed by atoms with Gasteiger partial charge in [0.15, 0.2) is 0 Å². The fourth-order valence-electron chi connectivity index (χ4n) is 2.57. The van der Waals surface area contributed by atoms with Gasteiger partial charge < -0.3 is 9.84 Å². The van der Waals surface area contributed by atoms with Crippen LogP contribution in [0.25, 0.3) is 16.7 Å². The molecule has 0 aromatic heterocycles. The van der Waals surface area contributed by atoms with Crippen molar-refractivity contribution in [3.8, 4) is 11.1 Å². The Hall–Kier alpha value is -2.39. The number of ether oxygens (including phenoxy) is 1. The smallest absolute Gasteiger partial charge is 0.332 e. The van der Waals surface area contributed by atoms with Gasteiger partial charge in [-0.3, -0.25) is 0 Å². The Bertz CT molecular complexity index is 669. The van der Waals surface area contributed by atoms with Crippen LogP contribution in [0.1, 0.15) is 12.0 Å². The highest BCUT2D eigenvalue weighted by molar-refractivity contribution is 5.97. The van der Waals surface area contributed by atoms with Crippen LogP contribution in [-0.2, 0) is 9.53 Å². The highest BCUT2D eigenvalue weighted by atomic mass is 16.5. The largest absolute Gasteiger partial charge is 0.478 e. The Balaban J connectivity index is 1.95. The van der Waals surface area contributed by atoms with Crippen LogP contribution in [0.15, 0.2) is 60.2 Å². The number of rotatable bonds is 3. The van der Waals surface area contributed by atoms with E-state index in [0.717, 1.165) is 22.3 Å². The summed E-state index contributed by atoms with van der Waals surface area (Å²) >= 11 is 0. The molecule has 106 valence electrons. The van der Waals surface area contributed by atoms with Gasteiger partial charge in [0.1, 0.15) is 0 Å². The number of hydrogen-bond acceptors (Lipinski definition) is 2. The van der Waals surface area contributed by atoms with E-state index in [1.807, 2.05) is 42.5 Å². The normalized spacial score (nSPS) is 15.0. The minimum atomic E-state index is -0.847. The molecule has 1 N–H and O–H groups in total. The molecule has 0 saturated carbocycles. The molecule has 1 aliphatic rings. The highest BCUT2D eigenvalue weighted by Crippen LogP contribution is 2.27. The maximum absolute atomic E-state index is 11.3. The van der Waals surface area contributed by atoms with Crippen molar-refractivity contribution in [1.29, 1.82) is 0 Å². The monoisotopic (exact) mass is 280 g/mol. The van der Waals surface area contributed by atoms with Gasteiger partial charge in [0.25, 0.3) is 0 Å². The molecule has 0 amide bonds. The molecule has 3 rings (SSSR count). The van der Waals surface area contributed by atoms with Crippen molar-refractivity contribution in [2.45, 2.75) is 6.42 Å². The number of benzene rings is 2. The van der Waals surface area contributed by atoms with E-state index in [1.54, 1.807) is 0 Å². The second-order valence-electron chi connectivity index (χ2n) is 5.01. The maximum atomic E-state index is 11.3. The number of aliphatic carboxylic acids is 1. The van der Waals surface area contributed by atoms with Crippen molar-refractivity contribution in [2.24, 2.45) is 0 Å². The van der Waals surface area contributed by atoms with Crippen molar-refractivity contribution in [1.82, 2.24) is 0 Å². The molecular formula is C18H16O3. The number of carboxylic acid groups (broad SMARTS) is 1. The second-order valence-corrected chi connectivity index (χ2v) is 5.01. The summed E-state index contributed by atoms with van der Waals surface area (Å²) < 4.78 is 5.41. The third kappa shape index (κ3) is 2.88. The molecule has 0 spiro atoms. The molecule has 1 aliphatic heterocycles. The number of hydrogen-bond donors (Lipinski definition) is 1. The summed E-state index contributed by atoms with van der Waals surface area (Å²) in [5, 5.41) is 9.29. The van der Waals surface area contributed by atoms with E-state index >= 15 is 0 Å². The molecule has 0 unspecified atom stereocenters. The van der Waals surface area contributed by atoms with E-state index in [0.29, 0.717) is 25.2 Å². The average molecular weight is 280 g/mol. The minimum Gasteiger partial charge on any atom is -0.478 e. The zero-order valence-corrected chi connectivity index (χ0v) is 11.6. The summed E-state index contributed by atoms with van der Waals surface area (Å²) in [6, 6.07) is 18.1. The van der Waals surface area contributed by atoms with E-state index < -0.39 is 5.97 Å². The summed E-state index contributed by atoms with van der Waals surface area (Å²) in [4.78, 5) is 11.3. The van der Waals surface area contributed by atoms with Crippen molar-refractivity contribution >= 4 is 11.5 Å². The van der Waals surface area contributed by atoms with E-state index in [4.69, 9.17) is 4.74 Å². The van der Waals surface area contributed by atoms with Crippen molar-refractivity contribution in [3.63, 3.8) is 0 Å². The highest BCUT2D eigenvalue weighted by Gasteiger charge is 2.19. The van der Waals surface area contributed by atoms with E-state index in [1.165, 1.54) is 0 Å². The van der Waals surface area contributed by atoms with Crippen molar-refractivity contribution in [2.75, 3.05) is 13.2 Å². The molecule has 0 radical (unpaired) electrons. The van der Waals surface area contributed by atoms with Gasteiger partial charge in [-0.15, -0.1) is 0 Å². The Morgan fingerprint density at radius 3 is 2.19 bits per heavy atom. The Labute approximate surface area is 123 Å². The Morgan fingerprint density at radius 1 is 0.905 bits per heavy atom. The van der Waals surface area contributed by atoms with Crippen LogP contribution < -0.4 is 0 Å². The Morgan fingerprint density at radius 2 is 1.52 bits per heavy atom. The summed E-state index contributed by atoms with van der Waals surface area (Å²) in [6.07, 6.45) is 0.463. The lowest BCUT2D eigenvalue weighted by atomic mass is 9.95.